The Labute approximate surface area is 181 Å². The zero-order valence-electron chi connectivity index (χ0n) is 16.2. The molecule has 2 N–H and O–H groups in total. The minimum absolute atomic E-state index is 0.124. The molecule has 0 saturated heterocycles. The molecule has 0 spiro atoms. The van der Waals surface area contributed by atoms with Crippen LogP contribution < -0.4 is 10.6 Å². The molecular weight excluding hydrogens is 424 g/mol. The minimum Gasteiger partial charge on any atom is -0.465 e. The van der Waals surface area contributed by atoms with Crippen molar-refractivity contribution in [3.8, 4) is 0 Å². The summed E-state index contributed by atoms with van der Waals surface area (Å²) in [7, 11) is 1.31. The second-order valence-corrected chi connectivity index (χ2v) is 8.30. The van der Waals surface area contributed by atoms with Gasteiger partial charge in [-0.3, -0.25) is 14.9 Å². The Hall–Kier alpha value is -3.24. The van der Waals surface area contributed by atoms with Crippen LogP contribution in [0.15, 0.2) is 52.9 Å². The average Bonchev–Trinajstić information content (AvgIpc) is 3.19. The third-order valence-corrected chi connectivity index (χ3v) is 5.80. The fraction of sp³-hybridized carbons (Fsp3) is 0.150. The highest BCUT2D eigenvalue weighted by molar-refractivity contribution is 8.01. The van der Waals surface area contributed by atoms with Gasteiger partial charge in [-0.05, 0) is 43.3 Å². The normalized spacial score (nSPS) is 10.3. The molecule has 10 heteroatoms. The number of carbonyl (C=O) groups is 3. The first kappa shape index (κ1) is 21.5. The molecule has 0 bridgehead atoms. The molecule has 0 aliphatic carbocycles. The number of hydrogen-bond acceptors (Lipinski definition) is 8. The predicted molar refractivity (Wildman–Crippen MR) is 116 cm³/mol. The van der Waals surface area contributed by atoms with E-state index in [4.69, 9.17) is 0 Å². The van der Waals surface area contributed by atoms with E-state index < -0.39 is 5.97 Å². The van der Waals surface area contributed by atoms with Crippen molar-refractivity contribution in [2.75, 3.05) is 23.5 Å². The molecule has 2 amide bonds. The molecule has 8 nitrogen and oxygen atoms in total. The van der Waals surface area contributed by atoms with E-state index in [1.54, 1.807) is 36.4 Å². The van der Waals surface area contributed by atoms with Crippen molar-refractivity contribution in [1.29, 1.82) is 0 Å². The van der Waals surface area contributed by atoms with Crippen molar-refractivity contribution >= 4 is 51.7 Å². The number of nitrogens with zero attached hydrogens (tertiary/aromatic N) is 2. The largest absolute Gasteiger partial charge is 0.465 e. The molecule has 1 heterocycles. The van der Waals surface area contributed by atoms with Crippen LogP contribution in [0.25, 0.3) is 0 Å². The third-order valence-electron chi connectivity index (χ3n) is 3.82. The Bertz CT molecular complexity index is 1070. The molecule has 0 radical (unpaired) electrons. The van der Waals surface area contributed by atoms with Crippen molar-refractivity contribution in [2.45, 2.75) is 11.3 Å². The standard InChI is InChI=1S/C20H18N4O4S2/c1-12-4-3-5-14(10-12)17(26)22-19-23-24-20(30-19)29-11-16(25)21-15-8-6-13(7-9-15)18(27)28-2/h3-10H,11H2,1-2H3,(H,21,25)(H,22,23,26). The summed E-state index contributed by atoms with van der Waals surface area (Å²) in [4.78, 5) is 35.8. The first-order valence-corrected chi connectivity index (χ1v) is 10.6. The zero-order valence-corrected chi connectivity index (χ0v) is 17.8. The summed E-state index contributed by atoms with van der Waals surface area (Å²) in [6.07, 6.45) is 0. The second-order valence-electron chi connectivity index (χ2n) is 6.10. The number of esters is 1. The lowest BCUT2D eigenvalue weighted by molar-refractivity contribution is -0.113. The van der Waals surface area contributed by atoms with Gasteiger partial charge in [0, 0.05) is 11.3 Å². The maximum atomic E-state index is 12.3. The summed E-state index contributed by atoms with van der Waals surface area (Å²) in [6.45, 7) is 1.91. The molecule has 154 valence electrons. The average molecular weight is 443 g/mol. The van der Waals surface area contributed by atoms with E-state index >= 15 is 0 Å². The van der Waals surface area contributed by atoms with Gasteiger partial charge in [0.1, 0.15) is 0 Å². The van der Waals surface area contributed by atoms with Crippen LogP contribution in [0, 0.1) is 6.92 Å². The first-order valence-electron chi connectivity index (χ1n) is 8.77. The Balaban J connectivity index is 1.49. The van der Waals surface area contributed by atoms with Crippen LogP contribution in [0.2, 0.25) is 0 Å². The number of ether oxygens (including phenoxy) is 1. The summed E-state index contributed by atoms with van der Waals surface area (Å²) in [6, 6.07) is 13.6. The molecule has 0 saturated carbocycles. The van der Waals surface area contributed by atoms with Crippen LogP contribution in [0.4, 0.5) is 10.8 Å². The highest BCUT2D eigenvalue weighted by Gasteiger charge is 2.12. The van der Waals surface area contributed by atoms with Crippen LogP contribution in [0.5, 0.6) is 0 Å². The minimum atomic E-state index is -0.440. The molecule has 0 unspecified atom stereocenters. The van der Waals surface area contributed by atoms with Gasteiger partial charge in [-0.2, -0.15) is 0 Å². The Morgan fingerprint density at radius 3 is 2.50 bits per heavy atom. The van der Waals surface area contributed by atoms with Gasteiger partial charge in [0.05, 0.1) is 18.4 Å². The number of benzene rings is 2. The van der Waals surface area contributed by atoms with Gasteiger partial charge in [0.2, 0.25) is 11.0 Å². The van der Waals surface area contributed by atoms with Crippen LogP contribution in [0.1, 0.15) is 26.3 Å². The van der Waals surface area contributed by atoms with Crippen LogP contribution >= 0.6 is 23.1 Å². The topological polar surface area (TPSA) is 110 Å². The summed E-state index contributed by atoms with van der Waals surface area (Å²) in [5.41, 5.74) is 2.50. The number of rotatable bonds is 7. The molecular formula is C20H18N4O4S2. The summed E-state index contributed by atoms with van der Waals surface area (Å²) >= 11 is 2.41. The van der Waals surface area contributed by atoms with Gasteiger partial charge < -0.3 is 10.1 Å². The van der Waals surface area contributed by atoms with Gasteiger partial charge >= 0.3 is 5.97 Å². The van der Waals surface area contributed by atoms with Gasteiger partial charge in [0.25, 0.3) is 5.91 Å². The Morgan fingerprint density at radius 1 is 1.03 bits per heavy atom. The van der Waals surface area contributed by atoms with Gasteiger partial charge in [-0.15, -0.1) is 10.2 Å². The number of hydrogen-bond donors (Lipinski definition) is 2. The number of aryl methyl sites for hydroxylation is 1. The van der Waals surface area contributed by atoms with Crippen molar-refractivity contribution in [3.63, 3.8) is 0 Å². The Morgan fingerprint density at radius 2 is 1.80 bits per heavy atom. The molecule has 3 aromatic rings. The third kappa shape index (κ3) is 5.88. The van der Waals surface area contributed by atoms with E-state index in [-0.39, 0.29) is 17.6 Å². The van der Waals surface area contributed by atoms with Crippen LogP contribution in [-0.2, 0) is 9.53 Å². The van der Waals surface area contributed by atoms with E-state index in [0.717, 1.165) is 5.56 Å². The fourth-order valence-corrected chi connectivity index (χ4v) is 3.95. The molecule has 30 heavy (non-hydrogen) atoms. The molecule has 0 aliphatic rings. The maximum absolute atomic E-state index is 12.3. The number of aromatic nitrogens is 2. The number of nitrogens with one attached hydrogen (secondary N) is 2. The monoisotopic (exact) mass is 442 g/mol. The van der Waals surface area contributed by atoms with E-state index in [0.29, 0.717) is 26.3 Å². The van der Waals surface area contributed by atoms with Gasteiger partial charge in [-0.1, -0.05) is 40.8 Å². The predicted octanol–water partition coefficient (Wildman–Crippen LogP) is 3.62. The quantitative estimate of drug-likeness (QED) is 0.327. The van der Waals surface area contributed by atoms with Gasteiger partial charge in [-0.25, -0.2) is 4.79 Å². The fourth-order valence-electron chi connectivity index (χ4n) is 2.41. The highest BCUT2D eigenvalue weighted by atomic mass is 32.2. The zero-order chi connectivity index (χ0) is 21.5. The number of carbonyl (C=O) groups excluding carboxylic acids is 3. The van der Waals surface area contributed by atoms with E-state index in [1.165, 1.54) is 30.2 Å². The summed E-state index contributed by atoms with van der Waals surface area (Å²) in [5, 5.41) is 13.7. The van der Waals surface area contributed by atoms with Crippen molar-refractivity contribution in [3.05, 3.63) is 65.2 Å². The number of amides is 2. The summed E-state index contributed by atoms with van der Waals surface area (Å²) in [5.74, 6) is -0.810. The van der Waals surface area contributed by atoms with Gasteiger partial charge in [0.15, 0.2) is 4.34 Å². The molecule has 0 fully saturated rings. The first-order chi connectivity index (χ1) is 14.4. The van der Waals surface area contributed by atoms with Crippen molar-refractivity contribution < 1.29 is 19.1 Å². The molecule has 1 aromatic heterocycles. The maximum Gasteiger partial charge on any atom is 0.337 e. The number of methoxy groups -OCH3 is 1. The smallest absolute Gasteiger partial charge is 0.337 e. The number of anilines is 2. The SMILES string of the molecule is COC(=O)c1ccc(NC(=O)CSc2nnc(NC(=O)c3cccc(C)c3)s2)cc1. The summed E-state index contributed by atoms with van der Waals surface area (Å²) < 4.78 is 5.19. The van der Waals surface area contributed by atoms with E-state index in [2.05, 4.69) is 25.6 Å². The second kappa shape index (κ2) is 9.99. The lowest BCUT2D eigenvalue weighted by Gasteiger charge is -2.05. The molecule has 3 rings (SSSR count). The van der Waals surface area contributed by atoms with Crippen LogP contribution in [0.3, 0.4) is 0 Å². The molecule has 0 aliphatic heterocycles. The van der Waals surface area contributed by atoms with E-state index in [9.17, 15) is 14.4 Å². The lowest BCUT2D eigenvalue weighted by Crippen LogP contribution is -2.14. The number of thioether (sulfide) groups is 1. The highest BCUT2D eigenvalue weighted by Crippen LogP contribution is 2.26. The Kier molecular flexibility index (Phi) is 7.15. The van der Waals surface area contributed by atoms with Crippen LogP contribution in [-0.4, -0.2) is 40.8 Å². The lowest BCUT2D eigenvalue weighted by atomic mass is 10.1. The van der Waals surface area contributed by atoms with Crippen molar-refractivity contribution in [2.24, 2.45) is 0 Å². The molecule has 2 aromatic carbocycles. The van der Waals surface area contributed by atoms with E-state index in [1.807, 2.05) is 19.1 Å². The van der Waals surface area contributed by atoms with Crippen molar-refractivity contribution in [1.82, 2.24) is 10.2 Å². The molecule has 0 atom stereocenters.